The molecule has 0 fully saturated rings. The maximum Gasteiger partial charge on any atom is 0.142 e. The first-order valence-corrected chi connectivity index (χ1v) is 8.41. The molecule has 3 rings (SSSR count). The van der Waals surface area contributed by atoms with Gasteiger partial charge >= 0.3 is 0 Å². The predicted octanol–water partition coefficient (Wildman–Crippen LogP) is 4.27. The lowest BCUT2D eigenvalue weighted by Crippen LogP contribution is -2.34. The van der Waals surface area contributed by atoms with Crippen molar-refractivity contribution in [1.82, 2.24) is 0 Å². The minimum absolute atomic E-state index is 0.775. The summed E-state index contributed by atoms with van der Waals surface area (Å²) in [6.07, 6.45) is 20.9. The van der Waals surface area contributed by atoms with Crippen molar-refractivity contribution in [1.29, 1.82) is 0 Å². The molecule has 0 saturated heterocycles. The molecule has 1 aromatic rings. The van der Waals surface area contributed by atoms with E-state index in [9.17, 15) is 4.79 Å². The monoisotopic (exact) mass is 305 g/mol. The second-order valence-corrected chi connectivity index (χ2v) is 6.03. The maximum absolute atomic E-state index is 10.1. The summed E-state index contributed by atoms with van der Waals surface area (Å²) in [7, 11) is 0. The van der Waals surface area contributed by atoms with E-state index in [0.29, 0.717) is 0 Å². The zero-order valence-electron chi connectivity index (χ0n) is 13.4. The molecule has 0 aromatic heterocycles. The van der Waals surface area contributed by atoms with Gasteiger partial charge in [0.25, 0.3) is 0 Å². The average molecular weight is 305 g/mol. The Labute approximate surface area is 138 Å². The number of aldehydes is 1. The van der Waals surface area contributed by atoms with Crippen LogP contribution in [0.2, 0.25) is 0 Å². The number of carbonyl (C=O) groups is 1. The first kappa shape index (κ1) is 15.5. The van der Waals surface area contributed by atoms with E-state index < -0.39 is 0 Å². The topological polar surface area (TPSA) is 20.3 Å². The van der Waals surface area contributed by atoms with Gasteiger partial charge < -0.3 is 4.90 Å². The fraction of sp³-hybridized carbons (Fsp3) is 0.286. The molecule has 2 heterocycles. The highest BCUT2D eigenvalue weighted by molar-refractivity contribution is 5.68. The summed E-state index contributed by atoms with van der Waals surface area (Å²) in [5.41, 5.74) is 5.88. The summed E-state index contributed by atoms with van der Waals surface area (Å²) in [6, 6.07) is 4.70. The molecular formula is C21H23NO. The Balaban J connectivity index is 1.70. The van der Waals surface area contributed by atoms with E-state index in [1.54, 1.807) is 6.08 Å². The van der Waals surface area contributed by atoms with E-state index >= 15 is 0 Å². The summed E-state index contributed by atoms with van der Waals surface area (Å²) in [4.78, 5) is 12.7. The molecule has 0 N–H and O–H groups in total. The molecule has 0 radical (unpaired) electrons. The molecule has 118 valence electrons. The Hall–Kier alpha value is -2.35. The Bertz CT molecular complexity index is 648. The van der Waals surface area contributed by atoms with Crippen LogP contribution in [0, 0.1) is 0 Å². The van der Waals surface area contributed by atoms with Gasteiger partial charge in [-0.25, -0.2) is 0 Å². The summed E-state index contributed by atoms with van der Waals surface area (Å²) in [6.45, 7) is 2.45. The second kappa shape index (κ2) is 7.77. The highest BCUT2D eigenvalue weighted by Crippen LogP contribution is 2.36. The third-order valence-electron chi connectivity index (χ3n) is 4.39. The fourth-order valence-electron chi connectivity index (χ4n) is 3.46. The molecule has 0 atom stereocenters. The van der Waals surface area contributed by atoms with Crippen molar-refractivity contribution in [2.45, 2.75) is 25.7 Å². The molecule has 2 heteroatoms. The Morgan fingerprint density at radius 1 is 0.783 bits per heavy atom. The number of hydrogen-bond donors (Lipinski definition) is 0. The standard InChI is InChI=1S/C21H23NO/c23-15-7-5-3-1-2-4-6-10-18-16-19-11-8-13-22-14-9-12-20(17-18)21(19)22/h1-7,10,15-17H,8-9,11-14H2/b3-1+,4-2+,7-5+,10-6+. The smallest absolute Gasteiger partial charge is 0.142 e. The van der Waals surface area contributed by atoms with Gasteiger partial charge in [0.05, 0.1) is 0 Å². The van der Waals surface area contributed by atoms with E-state index in [0.717, 1.165) is 6.29 Å². The van der Waals surface area contributed by atoms with Crippen molar-refractivity contribution in [3.05, 3.63) is 71.4 Å². The molecule has 2 aliphatic rings. The van der Waals surface area contributed by atoms with E-state index in [4.69, 9.17) is 0 Å². The van der Waals surface area contributed by atoms with Crippen molar-refractivity contribution in [3.63, 3.8) is 0 Å². The van der Waals surface area contributed by atoms with Crippen molar-refractivity contribution < 1.29 is 4.79 Å². The lowest BCUT2D eigenvalue weighted by molar-refractivity contribution is -0.104. The highest BCUT2D eigenvalue weighted by atomic mass is 16.1. The van der Waals surface area contributed by atoms with Gasteiger partial charge in [-0.2, -0.15) is 0 Å². The SMILES string of the molecule is O=C/C=C/C=C/C=C/C=C/c1cc2c3c(c1)CCCN3CCC2. The number of anilines is 1. The lowest BCUT2D eigenvalue weighted by atomic mass is 9.90. The fourth-order valence-corrected chi connectivity index (χ4v) is 3.46. The predicted molar refractivity (Wildman–Crippen MR) is 97.8 cm³/mol. The number of carbonyl (C=O) groups excluding carboxylic acids is 1. The lowest BCUT2D eigenvalue weighted by Gasteiger charge is -2.37. The maximum atomic E-state index is 10.1. The summed E-state index contributed by atoms with van der Waals surface area (Å²) < 4.78 is 0. The summed E-state index contributed by atoms with van der Waals surface area (Å²) in [5.74, 6) is 0. The zero-order valence-corrected chi connectivity index (χ0v) is 13.4. The number of rotatable bonds is 5. The van der Waals surface area contributed by atoms with Crippen LogP contribution < -0.4 is 4.90 Å². The number of benzene rings is 1. The number of allylic oxidation sites excluding steroid dienone is 7. The second-order valence-electron chi connectivity index (χ2n) is 6.03. The van der Waals surface area contributed by atoms with Crippen LogP contribution in [0.25, 0.3) is 6.08 Å². The summed E-state index contributed by atoms with van der Waals surface area (Å²) in [5, 5.41) is 0. The quantitative estimate of drug-likeness (QED) is 0.460. The summed E-state index contributed by atoms with van der Waals surface area (Å²) >= 11 is 0. The molecule has 23 heavy (non-hydrogen) atoms. The van der Waals surface area contributed by atoms with Crippen molar-refractivity contribution in [2.24, 2.45) is 0 Å². The number of hydrogen-bond acceptors (Lipinski definition) is 2. The molecule has 0 amide bonds. The van der Waals surface area contributed by atoms with Gasteiger partial charge in [0.1, 0.15) is 6.29 Å². The van der Waals surface area contributed by atoms with Gasteiger partial charge in [-0.05, 0) is 60.6 Å². The highest BCUT2D eigenvalue weighted by Gasteiger charge is 2.23. The number of aryl methyl sites for hydroxylation is 2. The molecule has 0 spiro atoms. The molecule has 0 unspecified atom stereocenters. The van der Waals surface area contributed by atoms with Gasteiger partial charge in [0.15, 0.2) is 0 Å². The van der Waals surface area contributed by atoms with Crippen LogP contribution >= 0.6 is 0 Å². The first-order chi connectivity index (χ1) is 11.4. The van der Waals surface area contributed by atoms with Crippen LogP contribution in [0.1, 0.15) is 29.5 Å². The van der Waals surface area contributed by atoms with Crippen LogP contribution in [-0.4, -0.2) is 19.4 Å². The van der Waals surface area contributed by atoms with Crippen LogP contribution in [0.4, 0.5) is 5.69 Å². The van der Waals surface area contributed by atoms with Crippen LogP contribution in [0.3, 0.4) is 0 Å². The third kappa shape index (κ3) is 3.89. The van der Waals surface area contributed by atoms with Gasteiger partial charge in [-0.15, -0.1) is 0 Å². The molecular weight excluding hydrogens is 282 g/mol. The van der Waals surface area contributed by atoms with E-state index in [2.05, 4.69) is 29.2 Å². The van der Waals surface area contributed by atoms with E-state index in [1.807, 2.05) is 24.3 Å². The van der Waals surface area contributed by atoms with Gasteiger partial charge in [0.2, 0.25) is 0 Å². The van der Waals surface area contributed by atoms with Crippen molar-refractivity contribution >= 4 is 18.0 Å². The minimum Gasteiger partial charge on any atom is -0.371 e. The van der Waals surface area contributed by atoms with Gasteiger partial charge in [-0.1, -0.05) is 42.5 Å². The Morgan fingerprint density at radius 3 is 1.96 bits per heavy atom. The van der Waals surface area contributed by atoms with Crippen LogP contribution in [0.5, 0.6) is 0 Å². The third-order valence-corrected chi connectivity index (χ3v) is 4.39. The molecule has 2 aliphatic heterocycles. The first-order valence-electron chi connectivity index (χ1n) is 8.41. The van der Waals surface area contributed by atoms with Crippen molar-refractivity contribution in [2.75, 3.05) is 18.0 Å². The molecule has 0 bridgehead atoms. The number of nitrogens with zero attached hydrogens (tertiary/aromatic N) is 1. The molecule has 0 aliphatic carbocycles. The minimum atomic E-state index is 0.775. The van der Waals surface area contributed by atoms with Crippen molar-refractivity contribution in [3.8, 4) is 0 Å². The van der Waals surface area contributed by atoms with Gasteiger partial charge in [-0.3, -0.25) is 4.79 Å². The zero-order chi connectivity index (χ0) is 15.9. The Morgan fingerprint density at radius 2 is 1.35 bits per heavy atom. The van der Waals surface area contributed by atoms with Crippen LogP contribution in [-0.2, 0) is 17.6 Å². The van der Waals surface area contributed by atoms with Crippen LogP contribution in [0.15, 0.2) is 54.7 Å². The normalized spacial score (nSPS) is 17.7. The van der Waals surface area contributed by atoms with E-state index in [1.165, 1.54) is 67.2 Å². The molecule has 2 nitrogen and oxygen atoms in total. The Kier molecular flexibility index (Phi) is 5.25. The molecule has 0 saturated carbocycles. The largest absolute Gasteiger partial charge is 0.371 e. The van der Waals surface area contributed by atoms with E-state index in [-0.39, 0.29) is 0 Å². The average Bonchev–Trinajstić information content (AvgIpc) is 2.58. The van der Waals surface area contributed by atoms with Gasteiger partial charge in [0, 0.05) is 18.8 Å². The molecule has 1 aromatic carbocycles.